The predicted molar refractivity (Wildman–Crippen MR) is 124 cm³/mol. The minimum atomic E-state index is -0.229. The third kappa shape index (κ3) is 7.10. The van der Waals surface area contributed by atoms with Crippen LogP contribution in [-0.2, 0) is 11.3 Å². The Balaban J connectivity index is 0.00000392. The van der Waals surface area contributed by atoms with Crippen LogP contribution in [0.4, 0.5) is 10.1 Å². The van der Waals surface area contributed by atoms with Crippen molar-refractivity contribution in [1.29, 1.82) is 0 Å². The molecule has 158 valence electrons. The first-order chi connectivity index (χ1) is 12.9. The molecule has 0 radical (unpaired) electrons. The fraction of sp³-hybridized carbons (Fsp3) is 0.600. The molecule has 1 aromatic carbocycles. The summed E-state index contributed by atoms with van der Waals surface area (Å²) in [7, 11) is 5.34. The summed E-state index contributed by atoms with van der Waals surface area (Å²) >= 11 is 0. The number of hydrogen-bond acceptors (Lipinski definition) is 3. The SMILES string of the molecule is CCNC(=NCc1ccc(N(C)C)c(F)c1)N1CCC(CC(=O)NC)CC1.I. The molecule has 2 N–H and O–H groups in total. The van der Waals surface area contributed by atoms with E-state index in [1.807, 2.05) is 27.1 Å². The molecule has 0 bridgehead atoms. The van der Waals surface area contributed by atoms with E-state index in [-0.39, 0.29) is 35.7 Å². The number of rotatable bonds is 6. The number of benzene rings is 1. The van der Waals surface area contributed by atoms with E-state index >= 15 is 0 Å². The van der Waals surface area contributed by atoms with Gasteiger partial charge in [-0.25, -0.2) is 9.38 Å². The van der Waals surface area contributed by atoms with Crippen LogP contribution in [0.5, 0.6) is 0 Å². The van der Waals surface area contributed by atoms with E-state index in [9.17, 15) is 9.18 Å². The summed E-state index contributed by atoms with van der Waals surface area (Å²) in [5.74, 6) is 1.16. The molecule has 1 saturated heterocycles. The number of carbonyl (C=O) groups excluding carboxylic acids is 1. The minimum Gasteiger partial charge on any atom is -0.375 e. The van der Waals surface area contributed by atoms with Crippen molar-refractivity contribution in [1.82, 2.24) is 15.5 Å². The standard InChI is InChI=1S/C20H32FN5O.HI/c1-5-23-20(26-10-8-15(9-11-26)13-19(27)22-2)24-14-16-6-7-18(25(3)4)17(21)12-16;/h6-7,12,15H,5,8-11,13-14H2,1-4H3,(H,22,27)(H,23,24);1H. The highest BCUT2D eigenvalue weighted by molar-refractivity contribution is 14.0. The molecule has 1 heterocycles. The summed E-state index contributed by atoms with van der Waals surface area (Å²) in [6.07, 6.45) is 2.55. The number of carbonyl (C=O) groups is 1. The number of amides is 1. The van der Waals surface area contributed by atoms with Crippen LogP contribution >= 0.6 is 24.0 Å². The predicted octanol–water partition coefficient (Wildman–Crippen LogP) is 2.82. The molecule has 0 unspecified atom stereocenters. The zero-order valence-corrected chi connectivity index (χ0v) is 19.6. The normalized spacial score (nSPS) is 15.0. The Kier molecular flexibility index (Phi) is 10.6. The number of nitrogens with zero attached hydrogens (tertiary/aromatic N) is 3. The lowest BCUT2D eigenvalue weighted by molar-refractivity contribution is -0.121. The first-order valence-corrected chi connectivity index (χ1v) is 9.64. The van der Waals surface area contributed by atoms with Crippen LogP contribution in [-0.4, -0.2) is 57.5 Å². The van der Waals surface area contributed by atoms with E-state index < -0.39 is 0 Å². The molecule has 0 aromatic heterocycles. The Labute approximate surface area is 185 Å². The maximum absolute atomic E-state index is 14.2. The Morgan fingerprint density at radius 2 is 2.00 bits per heavy atom. The molecule has 1 aromatic rings. The molecule has 0 spiro atoms. The van der Waals surface area contributed by atoms with E-state index in [0.29, 0.717) is 24.6 Å². The van der Waals surface area contributed by atoms with Crippen molar-refractivity contribution >= 4 is 41.5 Å². The maximum atomic E-state index is 14.2. The smallest absolute Gasteiger partial charge is 0.220 e. The van der Waals surface area contributed by atoms with Gasteiger partial charge < -0.3 is 20.4 Å². The van der Waals surface area contributed by atoms with Crippen molar-refractivity contribution in [3.05, 3.63) is 29.6 Å². The summed E-state index contributed by atoms with van der Waals surface area (Å²) in [4.78, 5) is 20.2. The van der Waals surface area contributed by atoms with Gasteiger partial charge >= 0.3 is 0 Å². The van der Waals surface area contributed by atoms with E-state index in [0.717, 1.165) is 44.0 Å². The number of guanidine groups is 1. The molecule has 6 nitrogen and oxygen atoms in total. The largest absolute Gasteiger partial charge is 0.375 e. The number of nitrogens with one attached hydrogen (secondary N) is 2. The zero-order chi connectivity index (χ0) is 19.8. The molecular formula is C20H33FIN5O. The fourth-order valence-electron chi connectivity index (χ4n) is 3.32. The van der Waals surface area contributed by atoms with Gasteiger partial charge in [-0.3, -0.25) is 4.79 Å². The molecule has 0 aliphatic carbocycles. The molecule has 1 aliphatic heterocycles. The van der Waals surface area contributed by atoms with Crippen LogP contribution in [0.25, 0.3) is 0 Å². The van der Waals surface area contributed by atoms with Crippen molar-refractivity contribution in [2.24, 2.45) is 10.9 Å². The number of piperidine rings is 1. The van der Waals surface area contributed by atoms with Gasteiger partial charge in [0.25, 0.3) is 0 Å². The lowest BCUT2D eigenvalue weighted by Crippen LogP contribution is -2.46. The van der Waals surface area contributed by atoms with Gasteiger partial charge in [-0.05, 0) is 43.4 Å². The molecule has 2 rings (SSSR count). The van der Waals surface area contributed by atoms with Crippen molar-refractivity contribution in [3.63, 3.8) is 0 Å². The van der Waals surface area contributed by atoms with Gasteiger partial charge in [-0.1, -0.05) is 6.07 Å². The fourth-order valence-corrected chi connectivity index (χ4v) is 3.32. The molecule has 0 saturated carbocycles. The number of hydrogen-bond donors (Lipinski definition) is 2. The Bertz CT molecular complexity index is 660. The minimum absolute atomic E-state index is 0. The first-order valence-electron chi connectivity index (χ1n) is 9.64. The number of anilines is 1. The van der Waals surface area contributed by atoms with Crippen LogP contribution in [0.1, 0.15) is 31.7 Å². The monoisotopic (exact) mass is 505 g/mol. The van der Waals surface area contributed by atoms with Crippen molar-refractivity contribution < 1.29 is 9.18 Å². The average Bonchev–Trinajstić information content (AvgIpc) is 2.65. The second-order valence-electron chi connectivity index (χ2n) is 7.16. The lowest BCUT2D eigenvalue weighted by Gasteiger charge is -2.34. The van der Waals surface area contributed by atoms with Gasteiger partial charge in [0.1, 0.15) is 5.82 Å². The summed E-state index contributed by atoms with van der Waals surface area (Å²) in [5, 5.41) is 6.03. The van der Waals surface area contributed by atoms with E-state index in [1.54, 1.807) is 24.1 Å². The van der Waals surface area contributed by atoms with Crippen LogP contribution in [0.15, 0.2) is 23.2 Å². The van der Waals surface area contributed by atoms with Crippen LogP contribution in [0, 0.1) is 11.7 Å². The number of halogens is 2. The molecule has 1 fully saturated rings. The van der Waals surface area contributed by atoms with Crippen molar-refractivity contribution in [2.75, 3.05) is 45.7 Å². The number of aliphatic imine (C=N–C) groups is 1. The van der Waals surface area contributed by atoms with Gasteiger partial charge in [0.05, 0.1) is 12.2 Å². The second kappa shape index (κ2) is 12.1. The van der Waals surface area contributed by atoms with Crippen LogP contribution in [0.3, 0.4) is 0 Å². The van der Waals surface area contributed by atoms with Gasteiger partial charge in [-0.15, -0.1) is 24.0 Å². The summed E-state index contributed by atoms with van der Waals surface area (Å²) in [6, 6.07) is 5.26. The van der Waals surface area contributed by atoms with Gasteiger partial charge in [0.15, 0.2) is 5.96 Å². The molecular weight excluding hydrogens is 472 g/mol. The molecule has 8 heteroatoms. The molecule has 1 amide bonds. The first kappa shape index (κ1) is 24.5. The Hall–Kier alpha value is -1.58. The summed E-state index contributed by atoms with van der Waals surface area (Å²) < 4.78 is 14.2. The Morgan fingerprint density at radius 3 is 2.54 bits per heavy atom. The van der Waals surface area contributed by atoms with Gasteiger partial charge in [0.2, 0.25) is 5.91 Å². The molecule has 0 atom stereocenters. The zero-order valence-electron chi connectivity index (χ0n) is 17.3. The molecule has 28 heavy (non-hydrogen) atoms. The lowest BCUT2D eigenvalue weighted by atomic mass is 9.93. The van der Waals surface area contributed by atoms with Gasteiger partial charge in [-0.2, -0.15) is 0 Å². The van der Waals surface area contributed by atoms with Crippen molar-refractivity contribution in [3.8, 4) is 0 Å². The van der Waals surface area contributed by atoms with E-state index in [1.165, 1.54) is 0 Å². The van der Waals surface area contributed by atoms with E-state index in [4.69, 9.17) is 4.99 Å². The van der Waals surface area contributed by atoms with E-state index in [2.05, 4.69) is 15.5 Å². The topological polar surface area (TPSA) is 60.0 Å². The highest BCUT2D eigenvalue weighted by atomic mass is 127. The highest BCUT2D eigenvalue weighted by Gasteiger charge is 2.23. The highest BCUT2D eigenvalue weighted by Crippen LogP contribution is 2.21. The van der Waals surface area contributed by atoms with Gasteiger partial charge in [0, 0.05) is 47.2 Å². The van der Waals surface area contributed by atoms with Crippen LogP contribution in [0.2, 0.25) is 0 Å². The summed E-state index contributed by atoms with van der Waals surface area (Å²) in [5.41, 5.74) is 1.43. The average molecular weight is 505 g/mol. The summed E-state index contributed by atoms with van der Waals surface area (Å²) in [6.45, 7) is 5.01. The second-order valence-corrected chi connectivity index (χ2v) is 7.16. The quantitative estimate of drug-likeness (QED) is 0.355. The maximum Gasteiger partial charge on any atom is 0.220 e. The van der Waals surface area contributed by atoms with Crippen molar-refractivity contribution in [2.45, 2.75) is 32.7 Å². The Morgan fingerprint density at radius 1 is 1.32 bits per heavy atom. The third-order valence-electron chi connectivity index (χ3n) is 4.91. The van der Waals surface area contributed by atoms with Crippen LogP contribution < -0.4 is 15.5 Å². The number of likely N-dealkylation sites (tertiary alicyclic amines) is 1. The molecule has 1 aliphatic rings. The third-order valence-corrected chi connectivity index (χ3v) is 4.91.